The van der Waals surface area contributed by atoms with Gasteiger partial charge in [-0.05, 0) is 42.0 Å². The average molecular weight is 216 g/mol. The number of carbonyl (C=O) groups excluding carboxylic acids is 1. The highest BCUT2D eigenvalue weighted by Crippen LogP contribution is 2.28. The van der Waals surface area contributed by atoms with Crippen molar-refractivity contribution in [1.82, 2.24) is 0 Å². The van der Waals surface area contributed by atoms with Crippen molar-refractivity contribution in [1.29, 1.82) is 0 Å². The molecule has 0 aliphatic heterocycles. The maximum absolute atomic E-state index is 10.7. The first kappa shape index (κ1) is 10.1. The molecule has 0 saturated carbocycles. The average Bonchev–Trinajstić information content (AvgIpc) is 2.64. The van der Waals surface area contributed by atoms with Crippen LogP contribution in [0.25, 0.3) is 11.1 Å². The van der Waals surface area contributed by atoms with Crippen LogP contribution in [-0.4, -0.2) is 6.29 Å². The van der Waals surface area contributed by atoms with Gasteiger partial charge in [0.1, 0.15) is 6.29 Å². The van der Waals surface area contributed by atoms with Crippen molar-refractivity contribution in [3.05, 3.63) is 45.6 Å². The third kappa shape index (κ3) is 1.85. The van der Waals surface area contributed by atoms with Crippen molar-refractivity contribution in [2.45, 2.75) is 13.8 Å². The fourth-order valence-corrected chi connectivity index (χ4v) is 2.38. The minimum absolute atomic E-state index is 0.770. The summed E-state index contributed by atoms with van der Waals surface area (Å²) in [6, 6.07) is 8.08. The molecule has 1 nitrogen and oxygen atoms in total. The number of carbonyl (C=O) groups is 1. The van der Waals surface area contributed by atoms with Crippen molar-refractivity contribution in [3.8, 4) is 11.1 Å². The van der Waals surface area contributed by atoms with Crippen LogP contribution in [0.3, 0.4) is 0 Å². The number of hydrogen-bond donors (Lipinski definition) is 0. The minimum atomic E-state index is 0.770. The van der Waals surface area contributed by atoms with Gasteiger partial charge in [-0.25, -0.2) is 0 Å². The molecule has 0 saturated heterocycles. The largest absolute Gasteiger partial charge is 0.298 e. The maximum Gasteiger partial charge on any atom is 0.150 e. The van der Waals surface area contributed by atoms with E-state index in [4.69, 9.17) is 0 Å². The first-order valence-corrected chi connectivity index (χ1v) is 5.70. The van der Waals surface area contributed by atoms with E-state index in [1.807, 2.05) is 19.1 Å². The predicted octanol–water partition coefficient (Wildman–Crippen LogP) is 3.84. The van der Waals surface area contributed by atoms with E-state index in [0.717, 1.165) is 17.4 Å². The summed E-state index contributed by atoms with van der Waals surface area (Å²) >= 11 is 1.75. The Bertz CT molecular complexity index is 497. The lowest BCUT2D eigenvalue weighted by molar-refractivity contribution is 0.112. The molecule has 0 aliphatic carbocycles. The second-order valence-electron chi connectivity index (χ2n) is 3.58. The van der Waals surface area contributed by atoms with Crippen molar-refractivity contribution >= 4 is 17.6 Å². The third-order valence-corrected chi connectivity index (χ3v) is 3.41. The summed E-state index contributed by atoms with van der Waals surface area (Å²) in [5.74, 6) is 0. The first-order chi connectivity index (χ1) is 7.22. The summed E-state index contributed by atoms with van der Waals surface area (Å²) in [7, 11) is 0. The van der Waals surface area contributed by atoms with Gasteiger partial charge in [-0.3, -0.25) is 4.79 Å². The van der Waals surface area contributed by atoms with Gasteiger partial charge in [-0.1, -0.05) is 18.2 Å². The summed E-state index contributed by atoms with van der Waals surface area (Å²) in [5.41, 5.74) is 4.26. The Labute approximate surface area is 93.4 Å². The van der Waals surface area contributed by atoms with E-state index in [1.54, 1.807) is 11.3 Å². The Morgan fingerprint density at radius 1 is 1.20 bits per heavy atom. The van der Waals surface area contributed by atoms with Crippen molar-refractivity contribution in [2.75, 3.05) is 0 Å². The summed E-state index contributed by atoms with van der Waals surface area (Å²) in [6.45, 7) is 4.08. The van der Waals surface area contributed by atoms with Gasteiger partial charge < -0.3 is 0 Å². The fourth-order valence-electron chi connectivity index (χ4n) is 1.66. The molecule has 0 atom stereocenters. The van der Waals surface area contributed by atoms with E-state index < -0.39 is 0 Å². The molecule has 1 aromatic heterocycles. The van der Waals surface area contributed by atoms with Crippen molar-refractivity contribution < 1.29 is 4.79 Å². The molecule has 0 N–H and O–H groups in total. The van der Waals surface area contributed by atoms with Crippen molar-refractivity contribution in [2.24, 2.45) is 0 Å². The molecule has 0 unspecified atom stereocenters. The molecule has 0 spiro atoms. The minimum Gasteiger partial charge on any atom is -0.298 e. The van der Waals surface area contributed by atoms with Crippen LogP contribution >= 0.6 is 11.3 Å². The molecule has 2 aromatic rings. The Morgan fingerprint density at radius 3 is 2.53 bits per heavy atom. The molecule has 2 heteroatoms. The van der Waals surface area contributed by atoms with Gasteiger partial charge >= 0.3 is 0 Å². The van der Waals surface area contributed by atoms with E-state index in [2.05, 4.69) is 24.4 Å². The molecule has 0 amide bonds. The summed E-state index contributed by atoms with van der Waals surface area (Å²) in [6.07, 6.45) is 0.902. The topological polar surface area (TPSA) is 17.1 Å². The number of aryl methyl sites for hydroxylation is 2. The van der Waals surface area contributed by atoms with Gasteiger partial charge in [-0.15, -0.1) is 11.3 Å². The van der Waals surface area contributed by atoms with Crippen LogP contribution in [0.2, 0.25) is 0 Å². The Morgan fingerprint density at radius 2 is 2.00 bits per heavy atom. The third-order valence-electron chi connectivity index (χ3n) is 2.57. The lowest BCUT2D eigenvalue weighted by atomic mass is 10.0. The lowest BCUT2D eigenvalue weighted by Crippen LogP contribution is -1.87. The van der Waals surface area contributed by atoms with Crippen LogP contribution in [0.5, 0.6) is 0 Å². The van der Waals surface area contributed by atoms with Crippen LogP contribution in [-0.2, 0) is 0 Å². The first-order valence-electron chi connectivity index (χ1n) is 4.82. The second kappa shape index (κ2) is 3.99. The molecule has 2 rings (SSSR count). The zero-order chi connectivity index (χ0) is 10.8. The van der Waals surface area contributed by atoms with Crippen molar-refractivity contribution in [3.63, 3.8) is 0 Å². The van der Waals surface area contributed by atoms with Crippen LogP contribution in [0.15, 0.2) is 29.6 Å². The van der Waals surface area contributed by atoms with E-state index in [1.165, 1.54) is 16.0 Å². The smallest absolute Gasteiger partial charge is 0.150 e. The molecule has 0 bridgehead atoms. The Balaban J connectivity index is 2.52. The van der Waals surface area contributed by atoms with Gasteiger partial charge in [0.25, 0.3) is 0 Å². The van der Waals surface area contributed by atoms with Crippen LogP contribution < -0.4 is 0 Å². The number of rotatable bonds is 2. The number of thiophene rings is 1. The second-order valence-corrected chi connectivity index (χ2v) is 4.70. The van der Waals surface area contributed by atoms with Gasteiger partial charge in [0, 0.05) is 10.4 Å². The van der Waals surface area contributed by atoms with Crippen LogP contribution in [0, 0.1) is 13.8 Å². The Hall–Kier alpha value is -1.41. The number of benzene rings is 1. The maximum atomic E-state index is 10.7. The van der Waals surface area contributed by atoms with Crippen LogP contribution in [0.1, 0.15) is 20.8 Å². The summed E-state index contributed by atoms with van der Waals surface area (Å²) in [4.78, 5) is 12.0. The van der Waals surface area contributed by atoms with E-state index in [0.29, 0.717) is 0 Å². The summed E-state index contributed by atoms with van der Waals surface area (Å²) < 4.78 is 0. The van der Waals surface area contributed by atoms with Gasteiger partial charge in [0.2, 0.25) is 0 Å². The normalized spacial score (nSPS) is 10.3. The monoisotopic (exact) mass is 216 g/mol. The molecule has 0 fully saturated rings. The highest BCUT2D eigenvalue weighted by molar-refractivity contribution is 7.10. The molecule has 1 heterocycles. The van der Waals surface area contributed by atoms with E-state index in [-0.39, 0.29) is 0 Å². The van der Waals surface area contributed by atoms with E-state index in [9.17, 15) is 4.79 Å². The summed E-state index contributed by atoms with van der Waals surface area (Å²) in [5, 5.41) is 2.09. The van der Waals surface area contributed by atoms with E-state index >= 15 is 0 Å². The molecule has 0 radical (unpaired) electrons. The number of hydrogen-bond acceptors (Lipinski definition) is 2. The standard InChI is InChI=1S/C13H12OS/c1-9-7-11(3-4-12(9)8-14)13-5-6-15-10(13)2/h3-8H,1-2H3. The SMILES string of the molecule is Cc1cc(-c2ccsc2C)ccc1C=O. The molecule has 76 valence electrons. The predicted molar refractivity (Wildman–Crippen MR) is 64.6 cm³/mol. The van der Waals surface area contributed by atoms with Gasteiger partial charge in [0.15, 0.2) is 0 Å². The molecular weight excluding hydrogens is 204 g/mol. The Kier molecular flexibility index (Phi) is 2.69. The zero-order valence-corrected chi connectivity index (χ0v) is 9.60. The zero-order valence-electron chi connectivity index (χ0n) is 8.78. The molecule has 0 aliphatic rings. The van der Waals surface area contributed by atoms with Gasteiger partial charge in [-0.2, -0.15) is 0 Å². The fraction of sp³-hybridized carbons (Fsp3) is 0.154. The highest BCUT2D eigenvalue weighted by atomic mass is 32.1. The molecular formula is C13H12OS. The van der Waals surface area contributed by atoms with Crippen LogP contribution in [0.4, 0.5) is 0 Å². The lowest BCUT2D eigenvalue weighted by Gasteiger charge is -2.03. The number of aldehydes is 1. The van der Waals surface area contributed by atoms with Gasteiger partial charge in [0.05, 0.1) is 0 Å². The molecule has 15 heavy (non-hydrogen) atoms. The molecule has 1 aromatic carbocycles. The quantitative estimate of drug-likeness (QED) is 0.697. The highest BCUT2D eigenvalue weighted by Gasteiger charge is 2.04.